The third kappa shape index (κ3) is 4.23. The lowest BCUT2D eigenvalue weighted by molar-refractivity contribution is 0.415. The number of sulfonamides is 1. The van der Waals surface area contributed by atoms with Crippen molar-refractivity contribution in [2.45, 2.75) is 11.4 Å². The van der Waals surface area contributed by atoms with E-state index in [2.05, 4.69) is 0 Å². The molecule has 3 aromatic rings. The molecular formula is C20H17ClFNO3S. The third-order valence-corrected chi connectivity index (χ3v) is 6.23. The molecule has 0 aromatic heterocycles. The zero-order valence-electron chi connectivity index (χ0n) is 14.5. The fourth-order valence-corrected chi connectivity index (χ4v) is 4.60. The van der Waals surface area contributed by atoms with Gasteiger partial charge in [-0.05, 0) is 42.0 Å². The van der Waals surface area contributed by atoms with Crippen LogP contribution in [0.5, 0.6) is 5.75 Å². The fraction of sp³-hybridized carbons (Fsp3) is 0.100. The number of anilines is 1. The Labute approximate surface area is 162 Å². The van der Waals surface area contributed by atoms with Crippen LogP contribution >= 0.6 is 11.6 Å². The summed E-state index contributed by atoms with van der Waals surface area (Å²) in [6, 6.07) is 18.7. The van der Waals surface area contributed by atoms with Gasteiger partial charge in [0.25, 0.3) is 10.0 Å². The van der Waals surface area contributed by atoms with Crippen LogP contribution < -0.4 is 9.04 Å². The number of halogens is 2. The highest BCUT2D eigenvalue weighted by Gasteiger charge is 2.27. The van der Waals surface area contributed by atoms with Crippen molar-refractivity contribution in [1.29, 1.82) is 0 Å². The number of hydrogen-bond donors (Lipinski definition) is 0. The lowest BCUT2D eigenvalue weighted by Gasteiger charge is -2.25. The third-order valence-electron chi connectivity index (χ3n) is 3.96. The summed E-state index contributed by atoms with van der Waals surface area (Å²) in [7, 11) is -2.50. The topological polar surface area (TPSA) is 46.6 Å². The van der Waals surface area contributed by atoms with E-state index in [4.69, 9.17) is 16.3 Å². The van der Waals surface area contributed by atoms with Crippen LogP contribution in [0.4, 0.5) is 10.1 Å². The van der Waals surface area contributed by atoms with Crippen molar-refractivity contribution in [2.75, 3.05) is 11.4 Å². The molecule has 0 heterocycles. The molecule has 0 bridgehead atoms. The van der Waals surface area contributed by atoms with Gasteiger partial charge in [0, 0.05) is 6.07 Å². The molecule has 0 N–H and O–H groups in total. The number of rotatable bonds is 6. The number of hydrogen-bond acceptors (Lipinski definition) is 3. The Balaban J connectivity index is 2.13. The molecule has 0 saturated heterocycles. The average molecular weight is 406 g/mol. The first kappa shape index (κ1) is 19.2. The van der Waals surface area contributed by atoms with Crippen molar-refractivity contribution in [2.24, 2.45) is 0 Å². The number of methoxy groups -OCH3 is 1. The summed E-state index contributed by atoms with van der Waals surface area (Å²) in [5, 5.41) is 0.115. The zero-order valence-corrected chi connectivity index (χ0v) is 16.0. The van der Waals surface area contributed by atoms with E-state index in [0.717, 1.165) is 0 Å². The van der Waals surface area contributed by atoms with Gasteiger partial charge in [0.05, 0.1) is 24.4 Å². The van der Waals surface area contributed by atoms with Crippen LogP contribution in [0.15, 0.2) is 77.7 Å². The Bertz CT molecular complexity index is 1060. The quantitative estimate of drug-likeness (QED) is 0.587. The van der Waals surface area contributed by atoms with Crippen LogP contribution in [-0.4, -0.2) is 15.5 Å². The molecule has 0 unspecified atom stereocenters. The van der Waals surface area contributed by atoms with E-state index in [0.29, 0.717) is 17.0 Å². The van der Waals surface area contributed by atoms with Crippen LogP contribution in [0.2, 0.25) is 5.02 Å². The summed E-state index contributed by atoms with van der Waals surface area (Å²) in [6.45, 7) is -0.0571. The molecule has 27 heavy (non-hydrogen) atoms. The number of benzene rings is 3. The van der Waals surface area contributed by atoms with Gasteiger partial charge in [0.15, 0.2) is 0 Å². The summed E-state index contributed by atoms with van der Waals surface area (Å²) < 4.78 is 46.7. The van der Waals surface area contributed by atoms with Gasteiger partial charge in [-0.3, -0.25) is 4.31 Å². The van der Waals surface area contributed by atoms with Gasteiger partial charge in [-0.1, -0.05) is 41.9 Å². The van der Waals surface area contributed by atoms with E-state index in [1.165, 1.54) is 41.7 Å². The van der Waals surface area contributed by atoms with Gasteiger partial charge in [-0.15, -0.1) is 0 Å². The maximum atomic E-state index is 13.6. The van der Waals surface area contributed by atoms with Crippen LogP contribution in [0.25, 0.3) is 0 Å². The molecule has 0 amide bonds. The zero-order chi connectivity index (χ0) is 19.4. The largest absolute Gasteiger partial charge is 0.497 e. The monoisotopic (exact) mass is 405 g/mol. The van der Waals surface area contributed by atoms with Crippen LogP contribution in [0.1, 0.15) is 5.56 Å². The Morgan fingerprint density at radius 3 is 2.44 bits per heavy atom. The first-order valence-electron chi connectivity index (χ1n) is 8.07. The van der Waals surface area contributed by atoms with Crippen LogP contribution in [0, 0.1) is 5.82 Å². The molecule has 0 radical (unpaired) electrons. The van der Waals surface area contributed by atoms with Gasteiger partial charge in [0.1, 0.15) is 16.5 Å². The van der Waals surface area contributed by atoms with Crippen molar-refractivity contribution in [3.8, 4) is 5.75 Å². The minimum absolute atomic E-state index is 0.0223. The van der Waals surface area contributed by atoms with E-state index >= 15 is 0 Å². The smallest absolute Gasteiger partial charge is 0.266 e. The van der Waals surface area contributed by atoms with E-state index in [1.807, 2.05) is 0 Å². The molecule has 4 nitrogen and oxygen atoms in total. The highest BCUT2D eigenvalue weighted by Crippen LogP contribution is 2.31. The number of ether oxygens (including phenoxy) is 1. The highest BCUT2D eigenvalue weighted by molar-refractivity contribution is 7.93. The predicted molar refractivity (Wildman–Crippen MR) is 104 cm³/mol. The van der Waals surface area contributed by atoms with Crippen molar-refractivity contribution in [1.82, 2.24) is 0 Å². The molecule has 0 fully saturated rings. The maximum absolute atomic E-state index is 13.6. The second-order valence-electron chi connectivity index (χ2n) is 5.77. The van der Waals surface area contributed by atoms with Crippen LogP contribution in [0.3, 0.4) is 0 Å². The Hall–Kier alpha value is -2.57. The first-order valence-corrected chi connectivity index (χ1v) is 9.89. The minimum atomic E-state index is -4.00. The molecule has 0 atom stereocenters. The molecule has 0 spiro atoms. The molecule has 0 aliphatic carbocycles. The van der Waals surface area contributed by atoms with Gasteiger partial charge < -0.3 is 4.74 Å². The van der Waals surface area contributed by atoms with E-state index < -0.39 is 15.8 Å². The standard InChI is InChI=1S/C20H17ClFNO3S/c1-26-18-9-5-8-17(13-18)23(14-15-6-4-7-16(22)12-15)27(24,25)20-11-3-2-10-19(20)21/h2-13H,14H2,1H3. The number of nitrogens with zero attached hydrogens (tertiary/aromatic N) is 1. The minimum Gasteiger partial charge on any atom is -0.497 e. The van der Waals surface area contributed by atoms with Crippen molar-refractivity contribution in [3.05, 3.63) is 89.2 Å². The SMILES string of the molecule is COc1cccc(N(Cc2cccc(F)c2)S(=O)(=O)c2ccccc2Cl)c1. The van der Waals surface area contributed by atoms with Gasteiger partial charge >= 0.3 is 0 Å². The molecule has 7 heteroatoms. The summed E-state index contributed by atoms with van der Waals surface area (Å²) in [5.41, 5.74) is 0.895. The summed E-state index contributed by atoms with van der Waals surface area (Å²) in [4.78, 5) is -0.0223. The van der Waals surface area contributed by atoms with Gasteiger partial charge in [-0.2, -0.15) is 0 Å². The maximum Gasteiger partial charge on any atom is 0.266 e. The fourth-order valence-electron chi connectivity index (χ4n) is 2.65. The van der Waals surface area contributed by atoms with Crippen molar-refractivity contribution < 1.29 is 17.5 Å². The van der Waals surface area contributed by atoms with E-state index in [-0.39, 0.29) is 16.5 Å². The Kier molecular flexibility index (Phi) is 5.68. The molecule has 0 aliphatic heterocycles. The highest BCUT2D eigenvalue weighted by atomic mass is 35.5. The molecular weight excluding hydrogens is 389 g/mol. The normalized spacial score (nSPS) is 11.2. The average Bonchev–Trinajstić information content (AvgIpc) is 2.66. The van der Waals surface area contributed by atoms with Gasteiger partial charge in [-0.25, -0.2) is 12.8 Å². The second kappa shape index (κ2) is 7.98. The molecule has 140 valence electrons. The molecule has 3 rings (SSSR count). The Morgan fingerprint density at radius 1 is 1.00 bits per heavy atom. The van der Waals surface area contributed by atoms with Crippen molar-refractivity contribution >= 4 is 27.3 Å². The molecule has 3 aromatic carbocycles. The Morgan fingerprint density at radius 2 is 1.74 bits per heavy atom. The van der Waals surface area contributed by atoms with E-state index in [9.17, 15) is 12.8 Å². The summed E-state index contributed by atoms with van der Waals surface area (Å²) in [5.74, 6) is 0.0688. The first-order chi connectivity index (χ1) is 12.9. The lowest BCUT2D eigenvalue weighted by Crippen LogP contribution is -2.30. The van der Waals surface area contributed by atoms with E-state index in [1.54, 1.807) is 42.5 Å². The van der Waals surface area contributed by atoms with Crippen LogP contribution in [-0.2, 0) is 16.6 Å². The molecule has 0 aliphatic rings. The molecule has 0 saturated carbocycles. The van der Waals surface area contributed by atoms with Crippen molar-refractivity contribution in [3.63, 3.8) is 0 Å². The lowest BCUT2D eigenvalue weighted by atomic mass is 10.2. The second-order valence-corrected chi connectivity index (χ2v) is 8.01. The predicted octanol–water partition coefficient (Wildman–Crippen LogP) is 4.88. The van der Waals surface area contributed by atoms with Gasteiger partial charge in [0.2, 0.25) is 0 Å². The summed E-state index contributed by atoms with van der Waals surface area (Å²) >= 11 is 6.14. The summed E-state index contributed by atoms with van der Waals surface area (Å²) in [6.07, 6.45) is 0.